The molecule has 1 atom stereocenters. The molecule has 1 fully saturated rings. The van der Waals surface area contributed by atoms with Gasteiger partial charge in [-0.15, -0.1) is 11.3 Å². The molecular formula is C22H20FN7O3S. The first-order valence-corrected chi connectivity index (χ1v) is 11.3. The van der Waals surface area contributed by atoms with Crippen molar-refractivity contribution in [2.24, 2.45) is 0 Å². The van der Waals surface area contributed by atoms with Crippen molar-refractivity contribution < 1.29 is 18.4 Å². The molecule has 0 saturated carbocycles. The fourth-order valence-corrected chi connectivity index (χ4v) is 4.47. The number of hydrogen-bond acceptors (Lipinski definition) is 9. The van der Waals surface area contributed by atoms with Gasteiger partial charge in [-0.1, -0.05) is 0 Å². The monoisotopic (exact) mass is 481 g/mol. The van der Waals surface area contributed by atoms with E-state index in [1.54, 1.807) is 17.2 Å². The molecule has 5 heterocycles. The third-order valence-corrected chi connectivity index (χ3v) is 6.39. The Morgan fingerprint density at radius 1 is 1.26 bits per heavy atom. The Labute approximate surface area is 197 Å². The molecule has 0 spiro atoms. The van der Waals surface area contributed by atoms with Crippen molar-refractivity contribution in [3.63, 3.8) is 0 Å². The Hall–Kier alpha value is -3.93. The van der Waals surface area contributed by atoms with Gasteiger partial charge >= 0.3 is 0 Å². The smallest absolute Gasteiger partial charge is 0.274 e. The zero-order valence-electron chi connectivity index (χ0n) is 18.3. The number of hydrogen-bond donors (Lipinski definition) is 2. The van der Waals surface area contributed by atoms with E-state index in [0.717, 1.165) is 11.2 Å². The number of likely N-dealkylation sites (tertiary alicyclic amines) is 1. The first-order chi connectivity index (χ1) is 16.4. The summed E-state index contributed by atoms with van der Waals surface area (Å²) in [6.45, 7) is 4.37. The molecule has 5 rings (SSSR count). The highest BCUT2D eigenvalue weighted by molar-refractivity contribution is 7.18. The molecule has 1 aliphatic rings. The van der Waals surface area contributed by atoms with Crippen LogP contribution < -0.4 is 10.6 Å². The molecule has 2 amide bonds. The topological polar surface area (TPSA) is 126 Å². The number of carbonyl (C=O) groups excluding carboxylic acids is 2. The molecule has 1 saturated heterocycles. The highest BCUT2D eigenvalue weighted by Gasteiger charge is 2.34. The van der Waals surface area contributed by atoms with Crippen LogP contribution in [0, 0.1) is 12.7 Å². The van der Waals surface area contributed by atoms with Gasteiger partial charge in [0.15, 0.2) is 11.3 Å². The summed E-state index contributed by atoms with van der Waals surface area (Å²) in [7, 11) is 0. The number of carbonyl (C=O) groups is 2. The number of rotatable bonds is 6. The van der Waals surface area contributed by atoms with E-state index in [-0.39, 0.29) is 35.5 Å². The fourth-order valence-electron chi connectivity index (χ4n) is 3.63. The predicted molar refractivity (Wildman–Crippen MR) is 122 cm³/mol. The van der Waals surface area contributed by atoms with Crippen LogP contribution in [0.15, 0.2) is 41.5 Å². The number of halogens is 1. The van der Waals surface area contributed by atoms with E-state index in [2.05, 4.69) is 30.6 Å². The van der Waals surface area contributed by atoms with E-state index in [0.29, 0.717) is 34.6 Å². The molecule has 0 bridgehead atoms. The van der Waals surface area contributed by atoms with Crippen molar-refractivity contribution in [2.45, 2.75) is 25.9 Å². The summed E-state index contributed by atoms with van der Waals surface area (Å²) in [5.41, 5.74) is 1.70. The quantitative estimate of drug-likeness (QED) is 0.431. The van der Waals surface area contributed by atoms with Crippen LogP contribution in [0.1, 0.15) is 44.4 Å². The molecule has 0 aromatic carbocycles. The minimum absolute atomic E-state index is 0.162. The lowest BCUT2D eigenvalue weighted by molar-refractivity contribution is 0.0539. The van der Waals surface area contributed by atoms with Crippen molar-refractivity contribution in [3.05, 3.63) is 64.7 Å². The lowest BCUT2D eigenvalue weighted by Gasteiger charge is -2.39. The molecule has 1 aliphatic heterocycles. The molecule has 10 nitrogen and oxygen atoms in total. The lowest BCUT2D eigenvalue weighted by atomic mass is 10.1. The Bertz CT molecular complexity index is 1370. The van der Waals surface area contributed by atoms with Crippen LogP contribution in [0.25, 0.3) is 10.3 Å². The van der Waals surface area contributed by atoms with Gasteiger partial charge in [-0.2, -0.15) is 4.98 Å². The Balaban J connectivity index is 1.33. The minimum Gasteiger partial charge on any atom is -0.472 e. The summed E-state index contributed by atoms with van der Waals surface area (Å²) >= 11 is 1.34. The van der Waals surface area contributed by atoms with Crippen LogP contribution >= 0.6 is 11.3 Å². The third kappa shape index (κ3) is 4.31. The van der Waals surface area contributed by atoms with Gasteiger partial charge in [0.25, 0.3) is 11.8 Å². The largest absolute Gasteiger partial charge is 0.472 e. The average Bonchev–Trinajstić information content (AvgIpc) is 3.44. The molecular weight excluding hydrogens is 461 g/mol. The van der Waals surface area contributed by atoms with E-state index in [1.807, 2.05) is 13.8 Å². The van der Waals surface area contributed by atoms with Crippen LogP contribution in [0.2, 0.25) is 0 Å². The lowest BCUT2D eigenvalue weighted by Crippen LogP contribution is -2.61. The third-order valence-electron chi connectivity index (χ3n) is 5.42. The standard InChI is InChI=1S/C22H20FN7O3S/c1-11(14-5-15(23)7-24-6-14)25-22-28-17(18-19(29-22)26-12(2)34-18)21(32)30-8-16(9-30)27-20(31)13-3-4-33-10-13/h3-7,10-11,16H,8-9H2,1-2H3,(H,27,31)(H,25,28,29)/t11-/m0/s1. The van der Waals surface area contributed by atoms with Gasteiger partial charge in [-0.25, -0.2) is 14.4 Å². The number of aromatic nitrogens is 4. The fraction of sp³-hybridized carbons (Fsp3) is 0.273. The van der Waals surface area contributed by atoms with Crippen molar-refractivity contribution in [1.82, 2.24) is 30.2 Å². The van der Waals surface area contributed by atoms with Gasteiger partial charge in [-0.05, 0) is 31.5 Å². The number of nitrogens with one attached hydrogen (secondary N) is 2. The van der Waals surface area contributed by atoms with Gasteiger partial charge in [-0.3, -0.25) is 14.6 Å². The van der Waals surface area contributed by atoms with Gasteiger partial charge < -0.3 is 20.0 Å². The second kappa shape index (κ2) is 8.78. The number of aryl methyl sites for hydroxylation is 1. The number of nitrogens with zero attached hydrogens (tertiary/aromatic N) is 5. The van der Waals surface area contributed by atoms with Crippen LogP contribution in [0.5, 0.6) is 0 Å². The Morgan fingerprint density at radius 2 is 2.09 bits per heavy atom. The first-order valence-electron chi connectivity index (χ1n) is 10.5. The molecule has 2 N–H and O–H groups in total. The van der Waals surface area contributed by atoms with Crippen molar-refractivity contribution in [1.29, 1.82) is 0 Å². The second-order valence-corrected chi connectivity index (χ2v) is 9.18. The summed E-state index contributed by atoms with van der Waals surface area (Å²) < 4.78 is 19.1. The molecule has 0 radical (unpaired) electrons. The molecule has 174 valence electrons. The van der Waals surface area contributed by atoms with Crippen LogP contribution in [0.3, 0.4) is 0 Å². The van der Waals surface area contributed by atoms with E-state index in [9.17, 15) is 14.0 Å². The van der Waals surface area contributed by atoms with E-state index < -0.39 is 5.82 Å². The van der Waals surface area contributed by atoms with E-state index in [4.69, 9.17) is 4.42 Å². The van der Waals surface area contributed by atoms with Crippen molar-refractivity contribution in [2.75, 3.05) is 18.4 Å². The van der Waals surface area contributed by atoms with Gasteiger partial charge in [0.2, 0.25) is 5.95 Å². The minimum atomic E-state index is -0.444. The number of thiazole rings is 1. The van der Waals surface area contributed by atoms with Crippen LogP contribution in [-0.2, 0) is 0 Å². The van der Waals surface area contributed by atoms with Crippen molar-refractivity contribution >= 4 is 39.4 Å². The molecule has 12 heteroatoms. The average molecular weight is 482 g/mol. The maximum Gasteiger partial charge on any atom is 0.274 e. The molecule has 4 aromatic rings. The summed E-state index contributed by atoms with van der Waals surface area (Å²) in [4.78, 5) is 44.3. The molecule has 34 heavy (non-hydrogen) atoms. The summed E-state index contributed by atoms with van der Waals surface area (Å²) in [6.07, 6.45) is 5.48. The second-order valence-electron chi connectivity index (χ2n) is 7.98. The number of amides is 2. The molecule has 0 aliphatic carbocycles. The highest BCUT2D eigenvalue weighted by atomic mass is 32.1. The number of furan rings is 1. The maximum atomic E-state index is 13.6. The highest BCUT2D eigenvalue weighted by Crippen LogP contribution is 2.28. The van der Waals surface area contributed by atoms with E-state index in [1.165, 1.54) is 29.9 Å². The normalized spacial score (nSPS) is 14.6. The van der Waals surface area contributed by atoms with Gasteiger partial charge in [0.1, 0.15) is 16.8 Å². The van der Waals surface area contributed by atoms with Crippen LogP contribution in [-0.4, -0.2) is 55.8 Å². The summed E-state index contributed by atoms with van der Waals surface area (Å²) in [5, 5.41) is 6.74. The zero-order chi connectivity index (χ0) is 23.8. The van der Waals surface area contributed by atoms with Gasteiger partial charge in [0.05, 0.1) is 35.1 Å². The first kappa shape index (κ1) is 21.9. The SMILES string of the molecule is Cc1nc2nc(N[C@@H](C)c3cncc(F)c3)nc(C(=O)N3CC(NC(=O)c4ccoc4)C3)c2s1. The molecule has 4 aromatic heterocycles. The number of pyridine rings is 1. The zero-order valence-corrected chi connectivity index (χ0v) is 19.1. The van der Waals surface area contributed by atoms with E-state index >= 15 is 0 Å². The Morgan fingerprint density at radius 3 is 2.82 bits per heavy atom. The summed E-state index contributed by atoms with van der Waals surface area (Å²) in [6, 6.07) is 2.44. The maximum absolute atomic E-state index is 13.6. The van der Waals surface area contributed by atoms with Crippen LogP contribution in [0.4, 0.5) is 10.3 Å². The predicted octanol–water partition coefficient (Wildman–Crippen LogP) is 2.95. The number of anilines is 1. The molecule has 0 unspecified atom stereocenters. The van der Waals surface area contributed by atoms with Gasteiger partial charge in [0, 0.05) is 19.3 Å². The number of fused-ring (bicyclic) bond motifs is 1. The summed E-state index contributed by atoms with van der Waals surface area (Å²) in [5.74, 6) is -0.752. The Kier molecular flexibility index (Phi) is 5.65. The van der Waals surface area contributed by atoms with Crippen molar-refractivity contribution in [3.8, 4) is 0 Å².